The molecule has 0 heterocycles. The van der Waals surface area contributed by atoms with Crippen LogP contribution in [0.4, 0.5) is 0 Å². The van der Waals surface area contributed by atoms with Gasteiger partial charge in [0.15, 0.2) is 0 Å². The van der Waals surface area contributed by atoms with Crippen LogP contribution in [0.25, 0.3) is 10.1 Å². The lowest BCUT2D eigenvalue weighted by Crippen LogP contribution is -2.27. The number of hydrogen-bond donors (Lipinski definition) is 0. The number of halogens is 1. The Bertz CT molecular complexity index is 864. The third-order valence-corrected chi connectivity index (χ3v) is 6.58. The van der Waals surface area contributed by atoms with Crippen LogP contribution in [0, 0.1) is 5.92 Å². The lowest BCUT2D eigenvalue weighted by molar-refractivity contribution is 0.541. The van der Waals surface area contributed by atoms with E-state index in [1.54, 1.807) is 11.1 Å². The molecule has 1 unspecified atom stereocenters. The molecule has 0 saturated heterocycles. The van der Waals surface area contributed by atoms with Gasteiger partial charge in [0.05, 0.1) is 0 Å². The van der Waals surface area contributed by atoms with E-state index in [0.717, 1.165) is 23.2 Å². The van der Waals surface area contributed by atoms with Crippen LogP contribution in [0.1, 0.15) is 79.6 Å². The number of allylic oxidation sites excluding steroid dienone is 7. The molecule has 1 aliphatic carbocycles. The van der Waals surface area contributed by atoms with Gasteiger partial charge < -0.3 is 0 Å². The Labute approximate surface area is 194 Å². The minimum atomic E-state index is 0.790. The van der Waals surface area contributed by atoms with Crippen molar-refractivity contribution in [3.05, 3.63) is 82.8 Å². The lowest BCUT2D eigenvalue weighted by Gasteiger charge is -2.21. The Balaban J connectivity index is 0.000000303. The van der Waals surface area contributed by atoms with Crippen LogP contribution < -0.4 is 10.4 Å². The number of benzene rings is 1. The minimum Gasteiger partial charge on any atom is -0.0979 e. The van der Waals surface area contributed by atoms with Gasteiger partial charge in [0.1, 0.15) is 0 Å². The first-order chi connectivity index (χ1) is 14.5. The Morgan fingerprint density at radius 2 is 1.83 bits per heavy atom. The normalized spacial score (nSPS) is 18.9. The summed E-state index contributed by atoms with van der Waals surface area (Å²) in [6.45, 7) is 15.1. The summed E-state index contributed by atoms with van der Waals surface area (Å²) in [6.07, 6.45) is 19.3. The maximum absolute atomic E-state index is 3.82. The largest absolute Gasteiger partial charge is 0.0979 e. The molecule has 0 bridgehead atoms. The summed E-state index contributed by atoms with van der Waals surface area (Å²) in [5.74, 6) is 0.790. The van der Waals surface area contributed by atoms with Crippen molar-refractivity contribution in [3.63, 3.8) is 0 Å². The predicted molar refractivity (Wildman–Crippen MR) is 141 cm³/mol. The Kier molecular flexibility index (Phi) is 13.4. The molecule has 1 heteroatoms. The maximum Gasteiger partial charge on any atom is 0.0247 e. The number of rotatable bonds is 7. The highest BCUT2D eigenvalue weighted by Crippen LogP contribution is 2.29. The fraction of sp³-hybridized carbons (Fsp3) is 0.448. The van der Waals surface area contributed by atoms with Crippen LogP contribution in [-0.2, 0) is 0 Å². The molecule has 1 aliphatic rings. The molecule has 1 aromatic rings. The minimum absolute atomic E-state index is 0.790. The van der Waals surface area contributed by atoms with Crippen LogP contribution >= 0.6 is 15.9 Å². The fourth-order valence-electron chi connectivity index (χ4n) is 3.84. The summed E-state index contributed by atoms with van der Waals surface area (Å²) in [7, 11) is 0. The molecular weight excluding hydrogens is 428 g/mol. The molecule has 0 amide bonds. The van der Waals surface area contributed by atoms with Gasteiger partial charge in [0.25, 0.3) is 0 Å². The van der Waals surface area contributed by atoms with Gasteiger partial charge in [-0.1, -0.05) is 122 Å². The molecule has 1 atom stereocenters. The number of hydrogen-bond acceptors (Lipinski definition) is 0. The molecule has 164 valence electrons. The van der Waals surface area contributed by atoms with Gasteiger partial charge in [-0.25, -0.2) is 0 Å². The molecule has 0 radical (unpaired) electrons. The topological polar surface area (TPSA) is 0 Å². The molecule has 0 aromatic heterocycles. The molecule has 0 spiro atoms. The summed E-state index contributed by atoms with van der Waals surface area (Å²) in [5, 5.41) is 2.61. The van der Waals surface area contributed by atoms with Crippen molar-refractivity contribution < 1.29 is 0 Å². The summed E-state index contributed by atoms with van der Waals surface area (Å²) >= 11 is 3.57. The highest BCUT2D eigenvalue weighted by molar-refractivity contribution is 9.15. The van der Waals surface area contributed by atoms with Crippen LogP contribution in [0.5, 0.6) is 0 Å². The van der Waals surface area contributed by atoms with Gasteiger partial charge in [-0.05, 0) is 67.4 Å². The molecule has 0 fully saturated rings. The Morgan fingerprint density at radius 3 is 2.43 bits per heavy atom. The first-order valence-corrected chi connectivity index (χ1v) is 12.4. The van der Waals surface area contributed by atoms with E-state index in [9.17, 15) is 0 Å². The summed E-state index contributed by atoms with van der Waals surface area (Å²) in [6, 6.07) is 8.53. The zero-order valence-electron chi connectivity index (χ0n) is 19.8. The van der Waals surface area contributed by atoms with E-state index in [0.29, 0.717) is 0 Å². The molecule has 0 saturated carbocycles. The zero-order chi connectivity index (χ0) is 22.4. The second-order valence-electron chi connectivity index (χ2n) is 8.00. The zero-order valence-corrected chi connectivity index (χ0v) is 21.4. The van der Waals surface area contributed by atoms with Crippen molar-refractivity contribution in [1.82, 2.24) is 0 Å². The van der Waals surface area contributed by atoms with Crippen molar-refractivity contribution in [2.75, 3.05) is 0 Å². The third-order valence-electron chi connectivity index (χ3n) is 5.83. The van der Waals surface area contributed by atoms with E-state index >= 15 is 0 Å². The highest BCUT2D eigenvalue weighted by Gasteiger charge is 2.13. The monoisotopic (exact) mass is 468 g/mol. The smallest absolute Gasteiger partial charge is 0.0247 e. The van der Waals surface area contributed by atoms with Crippen LogP contribution in [-0.4, -0.2) is 0 Å². The summed E-state index contributed by atoms with van der Waals surface area (Å²) < 4.78 is 1.07. The van der Waals surface area contributed by atoms with E-state index in [-0.39, 0.29) is 0 Å². The molecular formula is C29H41Br. The van der Waals surface area contributed by atoms with Gasteiger partial charge in [-0.15, -0.1) is 0 Å². The summed E-state index contributed by atoms with van der Waals surface area (Å²) in [5.41, 5.74) is 4.68. The van der Waals surface area contributed by atoms with E-state index in [1.165, 1.54) is 48.1 Å². The molecule has 30 heavy (non-hydrogen) atoms. The average Bonchev–Trinajstić information content (AvgIpc) is 2.77. The molecule has 1 aromatic carbocycles. The third kappa shape index (κ3) is 8.64. The fourth-order valence-corrected chi connectivity index (χ4v) is 4.19. The van der Waals surface area contributed by atoms with Crippen molar-refractivity contribution in [2.24, 2.45) is 5.92 Å². The maximum atomic E-state index is 3.82. The molecule has 0 nitrogen and oxygen atoms in total. The van der Waals surface area contributed by atoms with Crippen molar-refractivity contribution in [1.29, 1.82) is 0 Å². The second-order valence-corrected chi connectivity index (χ2v) is 8.86. The van der Waals surface area contributed by atoms with Gasteiger partial charge in [-0.2, -0.15) is 0 Å². The van der Waals surface area contributed by atoms with Crippen molar-refractivity contribution in [3.8, 4) is 0 Å². The highest BCUT2D eigenvalue weighted by atomic mass is 79.9. The molecule has 0 N–H and O–H groups in total. The SMILES string of the molecule is C=C/C(Br)=c1/cccc/c1=C(/CC)CCC.CC/C=C/C=C\C1=C(C)C(C)CCC1. The van der Waals surface area contributed by atoms with E-state index in [4.69, 9.17) is 0 Å². The quantitative estimate of drug-likeness (QED) is 0.352. The van der Waals surface area contributed by atoms with Gasteiger partial charge in [0, 0.05) is 4.48 Å². The first kappa shape index (κ1) is 26.4. The van der Waals surface area contributed by atoms with Crippen LogP contribution in [0.3, 0.4) is 0 Å². The van der Waals surface area contributed by atoms with Crippen molar-refractivity contribution in [2.45, 2.75) is 79.6 Å². The molecule has 2 rings (SSSR count). The Morgan fingerprint density at radius 1 is 1.13 bits per heavy atom. The van der Waals surface area contributed by atoms with Gasteiger partial charge >= 0.3 is 0 Å². The van der Waals surface area contributed by atoms with Crippen LogP contribution in [0.2, 0.25) is 0 Å². The average molecular weight is 470 g/mol. The van der Waals surface area contributed by atoms with Crippen molar-refractivity contribution >= 4 is 26.0 Å². The Hall–Kier alpha value is -1.60. The molecule has 0 aliphatic heterocycles. The van der Waals surface area contributed by atoms with E-state index < -0.39 is 0 Å². The van der Waals surface area contributed by atoms with Gasteiger partial charge in [0.2, 0.25) is 0 Å². The lowest BCUT2D eigenvalue weighted by atomic mass is 9.85. The predicted octanol–water partition coefficient (Wildman–Crippen LogP) is 8.38. The van der Waals surface area contributed by atoms with Gasteiger partial charge in [-0.3, -0.25) is 0 Å². The second kappa shape index (κ2) is 15.2. The summed E-state index contributed by atoms with van der Waals surface area (Å²) in [4.78, 5) is 0. The standard InChI is InChI=1S/C15H19Br.C14H22/c1-4-9-12(5-2)13-10-7-8-11-14(13)15(16)6-3;1-4-5-6-7-10-14-11-8-9-12(2)13(14)3/h6-8,10-11H,3-5,9H2,1-2H3;5-7,10,12H,4,8-9,11H2,1-3H3/b13-12+,15-14+;6-5+,10-7-. The van der Waals surface area contributed by atoms with E-state index in [2.05, 4.69) is 106 Å². The van der Waals surface area contributed by atoms with E-state index in [1.807, 2.05) is 6.08 Å². The first-order valence-electron chi connectivity index (χ1n) is 11.6. The van der Waals surface area contributed by atoms with Crippen LogP contribution in [0.15, 0.2) is 72.4 Å².